The highest BCUT2D eigenvalue weighted by Crippen LogP contribution is 2.29. The first-order valence-corrected chi connectivity index (χ1v) is 6.27. The van der Waals surface area contributed by atoms with Crippen molar-refractivity contribution in [2.24, 2.45) is 5.92 Å². The Labute approximate surface area is 98.4 Å². The minimum atomic E-state index is 0.848. The summed E-state index contributed by atoms with van der Waals surface area (Å²) in [6, 6.07) is 8.20. The van der Waals surface area contributed by atoms with Gasteiger partial charge in [-0.2, -0.15) is 0 Å². The lowest BCUT2D eigenvalue weighted by Gasteiger charge is -2.27. The number of rotatable bonds is 5. The van der Waals surface area contributed by atoms with Crippen LogP contribution in [0.3, 0.4) is 0 Å². The van der Waals surface area contributed by atoms with Crippen LogP contribution >= 0.6 is 0 Å². The Morgan fingerprint density at radius 3 is 2.50 bits per heavy atom. The summed E-state index contributed by atoms with van der Waals surface area (Å²) in [6.07, 6.45) is 5.73. The molecule has 0 radical (unpaired) electrons. The monoisotopic (exact) mass is 218 g/mol. The number of anilines is 1. The van der Waals surface area contributed by atoms with Gasteiger partial charge in [0.1, 0.15) is 0 Å². The van der Waals surface area contributed by atoms with E-state index in [9.17, 15) is 0 Å². The Bertz CT molecular complexity index is 314. The Hall–Kier alpha value is -1.02. The van der Waals surface area contributed by atoms with Crippen LogP contribution in [-0.2, 0) is 6.54 Å². The Kier molecular flexibility index (Phi) is 3.83. The second-order valence-corrected chi connectivity index (χ2v) is 5.06. The van der Waals surface area contributed by atoms with E-state index in [1.165, 1.54) is 37.8 Å². The van der Waals surface area contributed by atoms with E-state index < -0.39 is 0 Å². The first-order chi connectivity index (χ1) is 7.74. The van der Waals surface area contributed by atoms with Gasteiger partial charge in [-0.05, 0) is 43.6 Å². The third-order valence-corrected chi connectivity index (χ3v) is 3.58. The zero-order chi connectivity index (χ0) is 11.4. The van der Waals surface area contributed by atoms with Crippen LogP contribution in [0.2, 0.25) is 0 Å². The quantitative estimate of drug-likeness (QED) is 0.770. The Morgan fingerprint density at radius 2 is 1.94 bits per heavy atom. The van der Waals surface area contributed by atoms with Gasteiger partial charge in [0.05, 0.1) is 0 Å². The van der Waals surface area contributed by atoms with Gasteiger partial charge in [0.2, 0.25) is 0 Å². The molecule has 0 bridgehead atoms. The molecule has 0 unspecified atom stereocenters. The Morgan fingerprint density at radius 1 is 1.25 bits per heavy atom. The van der Waals surface area contributed by atoms with Crippen molar-refractivity contribution in [3.8, 4) is 0 Å². The number of hydrogen-bond acceptors (Lipinski definition) is 2. The van der Waals surface area contributed by atoms with Crippen LogP contribution in [0, 0.1) is 5.92 Å². The zero-order valence-corrected chi connectivity index (χ0v) is 10.2. The molecule has 1 fully saturated rings. The topological polar surface area (TPSA) is 29.3 Å². The van der Waals surface area contributed by atoms with E-state index in [4.69, 9.17) is 5.73 Å². The predicted octanol–water partition coefficient (Wildman–Crippen LogP) is 2.89. The molecule has 0 aliphatic heterocycles. The summed E-state index contributed by atoms with van der Waals surface area (Å²) in [4.78, 5) is 2.41. The van der Waals surface area contributed by atoms with Gasteiger partial charge in [0.25, 0.3) is 0 Å². The van der Waals surface area contributed by atoms with Crippen molar-refractivity contribution in [1.29, 1.82) is 0 Å². The van der Waals surface area contributed by atoms with Crippen LogP contribution in [0.15, 0.2) is 24.3 Å². The van der Waals surface area contributed by atoms with Crippen LogP contribution in [0.5, 0.6) is 0 Å². The van der Waals surface area contributed by atoms with Crippen molar-refractivity contribution in [1.82, 2.24) is 4.90 Å². The molecule has 0 atom stereocenters. The molecule has 88 valence electrons. The molecule has 1 aromatic rings. The summed E-state index contributed by atoms with van der Waals surface area (Å²) >= 11 is 0. The number of nitrogens with two attached hydrogens (primary N) is 1. The number of hydrogen-bond donors (Lipinski definition) is 1. The van der Waals surface area contributed by atoms with Crippen LogP contribution in [0.4, 0.5) is 5.69 Å². The fourth-order valence-electron chi connectivity index (χ4n) is 2.20. The van der Waals surface area contributed by atoms with E-state index in [1.807, 2.05) is 12.1 Å². The van der Waals surface area contributed by atoms with Crippen LogP contribution in [0.25, 0.3) is 0 Å². The molecule has 16 heavy (non-hydrogen) atoms. The third kappa shape index (κ3) is 3.24. The van der Waals surface area contributed by atoms with E-state index in [0.717, 1.165) is 18.2 Å². The molecule has 2 nitrogen and oxygen atoms in total. The van der Waals surface area contributed by atoms with Crippen molar-refractivity contribution in [2.75, 3.05) is 19.3 Å². The molecule has 0 saturated heterocycles. The second-order valence-electron chi connectivity index (χ2n) is 5.06. The van der Waals surface area contributed by atoms with E-state index in [0.29, 0.717) is 0 Å². The second kappa shape index (κ2) is 5.35. The summed E-state index contributed by atoms with van der Waals surface area (Å²) in [6.45, 7) is 2.25. The lowest BCUT2D eigenvalue weighted by molar-refractivity contribution is 0.235. The van der Waals surface area contributed by atoms with E-state index in [-0.39, 0.29) is 0 Å². The first kappa shape index (κ1) is 11.5. The van der Waals surface area contributed by atoms with Gasteiger partial charge in [-0.3, -0.25) is 0 Å². The molecule has 2 heteroatoms. The summed E-state index contributed by atoms with van der Waals surface area (Å²) in [5.74, 6) is 1.01. The van der Waals surface area contributed by atoms with Gasteiger partial charge in [-0.15, -0.1) is 0 Å². The number of benzene rings is 1. The van der Waals surface area contributed by atoms with Crippen LogP contribution < -0.4 is 5.73 Å². The minimum absolute atomic E-state index is 0.848. The molecule has 1 aromatic carbocycles. The van der Waals surface area contributed by atoms with Crippen molar-refractivity contribution in [2.45, 2.75) is 32.2 Å². The van der Waals surface area contributed by atoms with Crippen molar-refractivity contribution in [3.63, 3.8) is 0 Å². The molecule has 0 heterocycles. The van der Waals surface area contributed by atoms with Gasteiger partial charge < -0.3 is 10.6 Å². The maximum atomic E-state index is 5.67. The highest BCUT2D eigenvalue weighted by atomic mass is 15.1. The van der Waals surface area contributed by atoms with E-state index >= 15 is 0 Å². The lowest BCUT2D eigenvalue weighted by Crippen LogP contribution is -2.23. The summed E-state index contributed by atoms with van der Waals surface area (Å²) in [5.41, 5.74) is 7.87. The predicted molar refractivity (Wildman–Crippen MR) is 69.1 cm³/mol. The summed E-state index contributed by atoms with van der Waals surface area (Å²) in [5, 5.41) is 0. The molecule has 1 aliphatic carbocycles. The van der Waals surface area contributed by atoms with Crippen LogP contribution in [-0.4, -0.2) is 18.5 Å². The fraction of sp³-hybridized carbons (Fsp3) is 0.571. The minimum Gasteiger partial charge on any atom is -0.399 e. The van der Waals surface area contributed by atoms with Gasteiger partial charge in [0.15, 0.2) is 0 Å². The first-order valence-electron chi connectivity index (χ1n) is 6.27. The highest BCUT2D eigenvalue weighted by molar-refractivity contribution is 5.39. The molecular formula is C14H22N2. The molecule has 2 rings (SSSR count). The maximum Gasteiger partial charge on any atom is 0.0314 e. The molecule has 1 saturated carbocycles. The fourth-order valence-corrected chi connectivity index (χ4v) is 2.20. The van der Waals surface area contributed by atoms with Crippen molar-refractivity contribution < 1.29 is 0 Å². The zero-order valence-electron chi connectivity index (χ0n) is 10.2. The number of nitrogen functional groups attached to an aromatic ring is 1. The summed E-state index contributed by atoms with van der Waals surface area (Å²) < 4.78 is 0. The number of nitrogens with zero attached hydrogens (tertiary/aromatic N) is 1. The molecule has 0 amide bonds. The Balaban J connectivity index is 1.73. The largest absolute Gasteiger partial charge is 0.399 e. The van der Waals surface area contributed by atoms with Gasteiger partial charge in [-0.1, -0.05) is 31.4 Å². The maximum absolute atomic E-state index is 5.67. The van der Waals surface area contributed by atoms with E-state index in [2.05, 4.69) is 24.1 Å². The third-order valence-electron chi connectivity index (χ3n) is 3.58. The van der Waals surface area contributed by atoms with Gasteiger partial charge in [0, 0.05) is 12.2 Å². The molecular weight excluding hydrogens is 196 g/mol. The van der Waals surface area contributed by atoms with Crippen molar-refractivity contribution >= 4 is 5.69 Å². The smallest absolute Gasteiger partial charge is 0.0314 e. The highest BCUT2D eigenvalue weighted by Gasteiger charge is 2.17. The molecule has 2 N–H and O–H groups in total. The van der Waals surface area contributed by atoms with Crippen molar-refractivity contribution in [3.05, 3.63) is 29.8 Å². The lowest BCUT2D eigenvalue weighted by atomic mass is 9.83. The molecule has 0 aromatic heterocycles. The average Bonchev–Trinajstić information content (AvgIpc) is 2.19. The van der Waals surface area contributed by atoms with E-state index in [1.54, 1.807) is 0 Å². The van der Waals surface area contributed by atoms with Crippen LogP contribution in [0.1, 0.15) is 31.2 Å². The van der Waals surface area contributed by atoms with Gasteiger partial charge >= 0.3 is 0 Å². The molecule has 1 aliphatic rings. The normalized spacial score (nSPS) is 16.4. The van der Waals surface area contributed by atoms with Gasteiger partial charge in [-0.25, -0.2) is 0 Å². The SMILES string of the molecule is CN(CCC1CCC1)Cc1ccc(N)cc1. The summed E-state index contributed by atoms with van der Waals surface area (Å²) in [7, 11) is 2.20. The standard InChI is InChI=1S/C14H22N2/c1-16(10-9-12-3-2-4-12)11-13-5-7-14(15)8-6-13/h5-8,12H,2-4,9-11,15H2,1H3. The molecule has 0 spiro atoms. The average molecular weight is 218 g/mol.